The van der Waals surface area contributed by atoms with Crippen LogP contribution in [0.4, 0.5) is 17.1 Å². The van der Waals surface area contributed by atoms with Crippen molar-refractivity contribution in [2.45, 2.75) is 36.1 Å². The lowest BCUT2D eigenvalue weighted by Crippen LogP contribution is -1.97. The number of rotatable bonds is 4. The minimum absolute atomic E-state index is 0. The molecule has 0 saturated carbocycles. The Morgan fingerprint density at radius 2 is 0.943 bits per heavy atom. The van der Waals surface area contributed by atoms with Crippen LogP contribution in [0.5, 0.6) is 0 Å². The largest absolute Gasteiger partial charge is 0.478 e. The average molecular weight is 490 g/mol. The van der Waals surface area contributed by atoms with Crippen molar-refractivity contribution in [2.24, 2.45) is 0 Å². The smallest absolute Gasteiger partial charge is 0.335 e. The van der Waals surface area contributed by atoms with Crippen LogP contribution in [0, 0.1) is 44.2 Å². The molecule has 0 radical (unpaired) electrons. The Morgan fingerprint density at radius 1 is 0.629 bits per heavy atom. The molecule has 0 heterocycles. The number of nitrogens with zero attached hydrogens (tertiary/aromatic N) is 3. The molecule has 0 atom stereocenters. The lowest BCUT2D eigenvalue weighted by molar-refractivity contribution is -0.385. The van der Waals surface area contributed by atoms with Crippen LogP contribution < -0.4 is 0 Å². The van der Waals surface area contributed by atoms with E-state index in [0.29, 0.717) is 0 Å². The summed E-state index contributed by atoms with van der Waals surface area (Å²) in [6, 6.07) is 17.9. The zero-order valence-electron chi connectivity index (χ0n) is 17.1. The normalized spacial score (nSPS) is 8.51. The Kier molecular flexibility index (Phi) is 16.9. The van der Waals surface area contributed by atoms with Crippen molar-refractivity contribution < 1.29 is 24.7 Å². The van der Waals surface area contributed by atoms with Crippen LogP contribution in [0.2, 0.25) is 0 Å². The Hall–Kier alpha value is -4.67. The lowest BCUT2D eigenvalue weighted by atomic mass is 10.2. The monoisotopic (exact) mass is 489 g/mol. The molecule has 0 bridgehead atoms. The Morgan fingerprint density at radius 3 is 1.20 bits per heavy atom. The minimum Gasteiger partial charge on any atom is -0.478 e. The van der Waals surface area contributed by atoms with E-state index < -0.39 is 20.7 Å². The first-order valence-electron chi connectivity index (χ1n) is 8.91. The Labute approximate surface area is 204 Å². The number of carboxylic acids is 1. The third kappa shape index (κ3) is 12.8. The summed E-state index contributed by atoms with van der Waals surface area (Å²) in [5.74, 6) is -1.17. The first-order chi connectivity index (χ1) is 15.0. The predicted molar refractivity (Wildman–Crippen MR) is 136 cm³/mol. The maximum atomic E-state index is 10.4. The molecule has 0 spiro atoms. The van der Waals surface area contributed by atoms with Gasteiger partial charge in [0.15, 0.2) is 0 Å². The third-order valence-electron chi connectivity index (χ3n) is 3.73. The van der Waals surface area contributed by atoms with Gasteiger partial charge in [0.2, 0.25) is 0 Å². The van der Waals surface area contributed by atoms with Gasteiger partial charge in [-0.05, 0) is 31.0 Å². The number of carbonyl (C=O) groups is 1. The van der Waals surface area contributed by atoms with Crippen LogP contribution in [0.25, 0.3) is 0 Å². The summed E-state index contributed by atoms with van der Waals surface area (Å²) >= 11 is 0. The fourth-order valence-electron chi connectivity index (χ4n) is 2.24. The SMILES string of the molecule is C.C.C.Cc1cccc([N+](=O)[O-])c1.Cc1cccc([N+](=O)[O-])c1.O=C(O)c1cccc([N+](=O)[O-])c1. The number of carboxylic acid groups (broad SMARTS) is 1. The second kappa shape index (κ2) is 16.9. The van der Waals surface area contributed by atoms with E-state index in [4.69, 9.17) is 5.11 Å². The van der Waals surface area contributed by atoms with Crippen LogP contribution in [0.3, 0.4) is 0 Å². The highest BCUT2D eigenvalue weighted by Gasteiger charge is 2.09. The van der Waals surface area contributed by atoms with Crippen molar-refractivity contribution in [1.29, 1.82) is 0 Å². The highest BCUT2D eigenvalue weighted by molar-refractivity contribution is 5.88. The summed E-state index contributed by atoms with van der Waals surface area (Å²) in [7, 11) is 0. The van der Waals surface area contributed by atoms with Gasteiger partial charge in [-0.2, -0.15) is 0 Å². The van der Waals surface area contributed by atoms with E-state index in [0.717, 1.165) is 17.2 Å². The molecule has 11 nitrogen and oxygen atoms in total. The van der Waals surface area contributed by atoms with Gasteiger partial charge in [0.25, 0.3) is 17.1 Å². The fourth-order valence-corrected chi connectivity index (χ4v) is 2.24. The number of hydrogen-bond acceptors (Lipinski definition) is 7. The van der Waals surface area contributed by atoms with E-state index in [-0.39, 0.29) is 44.9 Å². The molecule has 11 heteroatoms. The number of hydrogen-bond donors (Lipinski definition) is 1. The molecule has 0 saturated heterocycles. The number of non-ortho nitro benzene ring substituents is 3. The molecule has 0 amide bonds. The number of benzene rings is 3. The predicted octanol–water partition coefficient (Wildman–Crippen LogP) is 7.01. The summed E-state index contributed by atoms with van der Waals surface area (Å²) in [5.41, 5.74) is 1.84. The Bertz CT molecular complexity index is 1050. The van der Waals surface area contributed by atoms with E-state index in [1.54, 1.807) is 24.3 Å². The van der Waals surface area contributed by atoms with Crippen LogP contribution >= 0.6 is 0 Å². The zero-order chi connectivity index (χ0) is 24.3. The Balaban J connectivity index is -0.000000423. The van der Waals surface area contributed by atoms with Crippen molar-refractivity contribution in [2.75, 3.05) is 0 Å². The highest BCUT2D eigenvalue weighted by Crippen LogP contribution is 2.13. The molecule has 0 unspecified atom stereocenters. The van der Waals surface area contributed by atoms with E-state index in [2.05, 4.69) is 0 Å². The van der Waals surface area contributed by atoms with Gasteiger partial charge >= 0.3 is 5.97 Å². The van der Waals surface area contributed by atoms with Gasteiger partial charge in [-0.25, -0.2) is 4.79 Å². The van der Waals surface area contributed by atoms with E-state index >= 15 is 0 Å². The second-order valence-corrected chi connectivity index (χ2v) is 6.30. The van der Waals surface area contributed by atoms with E-state index in [9.17, 15) is 35.1 Å². The molecule has 0 aliphatic carbocycles. The quantitative estimate of drug-likeness (QED) is 0.301. The van der Waals surface area contributed by atoms with Gasteiger partial charge in [-0.1, -0.05) is 52.6 Å². The highest BCUT2D eigenvalue weighted by atomic mass is 16.6. The van der Waals surface area contributed by atoms with Crippen molar-refractivity contribution in [3.8, 4) is 0 Å². The van der Waals surface area contributed by atoms with Gasteiger partial charge in [0.1, 0.15) is 0 Å². The molecule has 0 aliphatic heterocycles. The lowest BCUT2D eigenvalue weighted by Gasteiger charge is -1.92. The molecule has 190 valence electrons. The summed E-state index contributed by atoms with van der Waals surface area (Å²) in [6.07, 6.45) is 0. The summed E-state index contributed by atoms with van der Waals surface area (Å²) < 4.78 is 0. The van der Waals surface area contributed by atoms with Crippen LogP contribution in [-0.4, -0.2) is 25.8 Å². The molecular formula is C24H31N3O8. The van der Waals surface area contributed by atoms with Gasteiger partial charge in [0, 0.05) is 36.4 Å². The number of aromatic carboxylic acids is 1. The molecule has 1 N–H and O–H groups in total. The van der Waals surface area contributed by atoms with Crippen LogP contribution in [0.15, 0.2) is 72.8 Å². The maximum absolute atomic E-state index is 10.4. The zero-order valence-corrected chi connectivity index (χ0v) is 17.1. The van der Waals surface area contributed by atoms with Crippen molar-refractivity contribution in [3.05, 3.63) is 120 Å². The maximum Gasteiger partial charge on any atom is 0.335 e. The summed E-state index contributed by atoms with van der Waals surface area (Å²) in [4.78, 5) is 39.4. The molecule has 3 aromatic rings. The fraction of sp³-hybridized carbons (Fsp3) is 0.208. The molecule has 0 fully saturated rings. The molecular weight excluding hydrogens is 458 g/mol. The van der Waals surface area contributed by atoms with E-state index in [1.165, 1.54) is 30.3 Å². The molecule has 3 aromatic carbocycles. The van der Waals surface area contributed by atoms with Gasteiger partial charge in [-0.3, -0.25) is 30.3 Å². The first-order valence-corrected chi connectivity index (χ1v) is 8.91. The third-order valence-corrected chi connectivity index (χ3v) is 3.73. The van der Waals surface area contributed by atoms with Crippen molar-refractivity contribution >= 4 is 23.0 Å². The molecule has 35 heavy (non-hydrogen) atoms. The van der Waals surface area contributed by atoms with Crippen LogP contribution in [0.1, 0.15) is 43.8 Å². The molecule has 0 aliphatic rings. The van der Waals surface area contributed by atoms with Gasteiger partial charge in [-0.15, -0.1) is 0 Å². The topological polar surface area (TPSA) is 167 Å². The number of nitro groups is 3. The summed E-state index contributed by atoms with van der Waals surface area (Å²) in [6.45, 7) is 3.65. The molecule has 3 rings (SSSR count). The summed E-state index contributed by atoms with van der Waals surface area (Å²) in [5, 5.41) is 39.0. The van der Waals surface area contributed by atoms with Crippen molar-refractivity contribution in [1.82, 2.24) is 0 Å². The van der Waals surface area contributed by atoms with Crippen LogP contribution in [-0.2, 0) is 0 Å². The minimum atomic E-state index is -1.17. The van der Waals surface area contributed by atoms with Gasteiger partial charge in [0.05, 0.1) is 20.3 Å². The number of aryl methyl sites for hydroxylation is 2. The van der Waals surface area contributed by atoms with Crippen molar-refractivity contribution in [3.63, 3.8) is 0 Å². The van der Waals surface area contributed by atoms with E-state index in [1.807, 2.05) is 26.0 Å². The second-order valence-electron chi connectivity index (χ2n) is 6.30. The first kappa shape index (κ1) is 34.9. The molecule has 0 aromatic heterocycles. The number of nitro benzene ring substituents is 3. The van der Waals surface area contributed by atoms with Gasteiger partial charge < -0.3 is 5.11 Å². The average Bonchev–Trinajstić information content (AvgIpc) is 2.74. The standard InChI is InChI=1S/C7H5NO4.2C7H7NO2.3CH4/c9-7(10)5-2-1-3-6(4-5)8(11)12;2*1-6-3-2-4-7(5-6)8(9)10;;;/h1-4H,(H,9,10);2*2-5H,1H3;3*1H4.